The van der Waals surface area contributed by atoms with Crippen molar-refractivity contribution in [3.8, 4) is 0 Å². The molecule has 1 spiro atoms. The van der Waals surface area contributed by atoms with E-state index in [-0.39, 0.29) is 11.7 Å². The summed E-state index contributed by atoms with van der Waals surface area (Å²) in [4.78, 5) is 0. The molecule has 1 heterocycles. The number of hydrogen-bond acceptors (Lipinski definition) is 2. The molecule has 2 nitrogen and oxygen atoms in total. The Hall–Kier alpha value is -0.860. The van der Waals surface area contributed by atoms with E-state index in [2.05, 4.69) is 24.3 Å². The minimum Gasteiger partial charge on any atom is -0.393 e. The quantitative estimate of drug-likeness (QED) is 0.901. The molecular formula is C19H26O2. The summed E-state index contributed by atoms with van der Waals surface area (Å²) in [6, 6.07) is 8.75. The number of rotatable bonds is 2. The van der Waals surface area contributed by atoms with Crippen molar-refractivity contribution in [2.75, 3.05) is 6.61 Å². The Bertz CT molecular complexity index is 506. The fourth-order valence-corrected chi connectivity index (χ4v) is 4.68. The predicted molar refractivity (Wildman–Crippen MR) is 83.2 cm³/mol. The summed E-state index contributed by atoms with van der Waals surface area (Å²) in [5.74, 6) is 0.898. The van der Waals surface area contributed by atoms with Crippen molar-refractivity contribution < 1.29 is 9.84 Å². The highest BCUT2D eigenvalue weighted by atomic mass is 16.5. The number of aliphatic hydroxyl groups excluding tert-OH is 1. The van der Waals surface area contributed by atoms with Crippen molar-refractivity contribution in [1.29, 1.82) is 0 Å². The van der Waals surface area contributed by atoms with Gasteiger partial charge in [0.05, 0.1) is 11.7 Å². The van der Waals surface area contributed by atoms with Crippen LogP contribution in [0.3, 0.4) is 0 Å². The van der Waals surface area contributed by atoms with Gasteiger partial charge in [0.1, 0.15) is 0 Å². The van der Waals surface area contributed by atoms with E-state index in [1.807, 2.05) is 0 Å². The third kappa shape index (κ3) is 2.53. The van der Waals surface area contributed by atoms with Crippen LogP contribution in [0.15, 0.2) is 24.3 Å². The van der Waals surface area contributed by atoms with E-state index in [0.717, 1.165) is 38.7 Å². The van der Waals surface area contributed by atoms with Gasteiger partial charge in [0, 0.05) is 6.61 Å². The molecule has 1 aromatic rings. The van der Waals surface area contributed by atoms with Crippen LogP contribution in [0.2, 0.25) is 0 Å². The maximum atomic E-state index is 10.9. The van der Waals surface area contributed by atoms with Crippen LogP contribution in [0.4, 0.5) is 0 Å². The molecule has 3 aliphatic rings. The van der Waals surface area contributed by atoms with E-state index in [9.17, 15) is 5.11 Å². The average molecular weight is 286 g/mol. The molecule has 21 heavy (non-hydrogen) atoms. The van der Waals surface area contributed by atoms with Gasteiger partial charge in [0.2, 0.25) is 0 Å². The second-order valence-electron chi connectivity index (χ2n) is 7.40. The Balaban J connectivity index is 1.44. The monoisotopic (exact) mass is 286 g/mol. The lowest BCUT2D eigenvalue weighted by Crippen LogP contribution is -2.49. The molecule has 2 aliphatic carbocycles. The van der Waals surface area contributed by atoms with Crippen LogP contribution in [-0.2, 0) is 17.6 Å². The van der Waals surface area contributed by atoms with Crippen LogP contribution in [0.25, 0.3) is 0 Å². The van der Waals surface area contributed by atoms with E-state index in [4.69, 9.17) is 4.74 Å². The lowest BCUT2D eigenvalue weighted by molar-refractivity contribution is -0.161. The maximum absolute atomic E-state index is 10.9. The van der Waals surface area contributed by atoms with Gasteiger partial charge in [-0.1, -0.05) is 24.3 Å². The Morgan fingerprint density at radius 2 is 1.90 bits per heavy atom. The van der Waals surface area contributed by atoms with Gasteiger partial charge in [0.15, 0.2) is 0 Å². The fraction of sp³-hybridized carbons (Fsp3) is 0.684. The first-order valence-corrected chi connectivity index (χ1v) is 8.65. The second kappa shape index (κ2) is 5.40. The minimum absolute atomic E-state index is 0.139. The lowest BCUT2D eigenvalue weighted by Gasteiger charge is -2.49. The van der Waals surface area contributed by atoms with Gasteiger partial charge in [-0.2, -0.15) is 0 Å². The van der Waals surface area contributed by atoms with Gasteiger partial charge in [-0.25, -0.2) is 0 Å². The highest BCUT2D eigenvalue weighted by Crippen LogP contribution is 2.46. The lowest BCUT2D eigenvalue weighted by atomic mass is 9.68. The summed E-state index contributed by atoms with van der Waals surface area (Å²) in [5, 5.41) is 10.9. The highest BCUT2D eigenvalue weighted by molar-refractivity contribution is 5.30. The molecule has 4 rings (SSSR count). The first kappa shape index (κ1) is 13.8. The van der Waals surface area contributed by atoms with Gasteiger partial charge in [0.25, 0.3) is 0 Å². The van der Waals surface area contributed by atoms with Gasteiger partial charge in [-0.05, 0) is 74.3 Å². The molecule has 1 saturated carbocycles. The van der Waals surface area contributed by atoms with Crippen molar-refractivity contribution >= 4 is 0 Å². The van der Waals surface area contributed by atoms with E-state index >= 15 is 0 Å². The summed E-state index contributed by atoms with van der Waals surface area (Å²) >= 11 is 0. The molecule has 0 aromatic heterocycles. The summed E-state index contributed by atoms with van der Waals surface area (Å²) in [7, 11) is 0. The summed E-state index contributed by atoms with van der Waals surface area (Å²) < 4.78 is 6.01. The molecule has 1 N–H and O–H groups in total. The molecule has 2 heteroatoms. The second-order valence-corrected chi connectivity index (χ2v) is 7.40. The third-order valence-corrected chi connectivity index (χ3v) is 6.15. The first-order valence-electron chi connectivity index (χ1n) is 8.65. The molecule has 0 bridgehead atoms. The normalized spacial score (nSPS) is 32.2. The molecule has 0 amide bonds. The van der Waals surface area contributed by atoms with E-state index in [1.165, 1.54) is 30.4 Å². The number of aryl methyl sites for hydroxylation is 1. The molecule has 114 valence electrons. The molecule has 3 unspecified atom stereocenters. The molecule has 1 saturated heterocycles. The van der Waals surface area contributed by atoms with Crippen molar-refractivity contribution in [1.82, 2.24) is 0 Å². The molecule has 2 fully saturated rings. The Morgan fingerprint density at radius 1 is 1.10 bits per heavy atom. The van der Waals surface area contributed by atoms with Crippen LogP contribution in [0, 0.1) is 11.8 Å². The number of hydrogen-bond donors (Lipinski definition) is 1. The molecule has 3 atom stereocenters. The molecule has 1 aromatic carbocycles. The zero-order chi connectivity index (χ0) is 14.3. The van der Waals surface area contributed by atoms with Crippen LogP contribution >= 0.6 is 0 Å². The number of fused-ring (bicyclic) bond motifs is 1. The standard InChI is InChI=1S/C19H26O2/c20-18(17-8-11-21-19(13-17)9-3-10-19)16-7-6-14-4-1-2-5-15(14)12-16/h1-2,4-5,16-18,20H,3,6-13H2. The zero-order valence-electron chi connectivity index (χ0n) is 12.8. The van der Waals surface area contributed by atoms with Crippen molar-refractivity contribution in [2.45, 2.75) is 63.1 Å². The van der Waals surface area contributed by atoms with Gasteiger partial charge < -0.3 is 9.84 Å². The predicted octanol–water partition coefficient (Wildman–Crippen LogP) is 3.50. The van der Waals surface area contributed by atoms with E-state index in [0.29, 0.717) is 11.8 Å². The smallest absolute Gasteiger partial charge is 0.0686 e. The Labute approximate surface area is 127 Å². The third-order valence-electron chi connectivity index (χ3n) is 6.15. The summed E-state index contributed by atoms with van der Waals surface area (Å²) in [5.41, 5.74) is 3.10. The van der Waals surface area contributed by atoms with Gasteiger partial charge in [-0.3, -0.25) is 0 Å². The number of ether oxygens (including phenoxy) is 1. The first-order chi connectivity index (χ1) is 10.3. The van der Waals surface area contributed by atoms with Crippen LogP contribution in [0.1, 0.15) is 49.7 Å². The number of aliphatic hydroxyl groups is 1. The summed E-state index contributed by atoms with van der Waals surface area (Å²) in [6.07, 6.45) is 9.05. The Kier molecular flexibility index (Phi) is 3.55. The Morgan fingerprint density at radius 3 is 2.67 bits per heavy atom. The maximum Gasteiger partial charge on any atom is 0.0686 e. The van der Waals surface area contributed by atoms with Crippen LogP contribution in [-0.4, -0.2) is 23.4 Å². The van der Waals surface area contributed by atoms with Crippen molar-refractivity contribution in [3.05, 3.63) is 35.4 Å². The minimum atomic E-state index is -0.139. The van der Waals surface area contributed by atoms with Crippen molar-refractivity contribution in [2.24, 2.45) is 11.8 Å². The fourth-order valence-electron chi connectivity index (χ4n) is 4.68. The van der Waals surface area contributed by atoms with Gasteiger partial charge in [-0.15, -0.1) is 0 Å². The van der Waals surface area contributed by atoms with Crippen molar-refractivity contribution in [3.63, 3.8) is 0 Å². The molecular weight excluding hydrogens is 260 g/mol. The average Bonchev–Trinajstić information content (AvgIpc) is 2.52. The largest absolute Gasteiger partial charge is 0.393 e. The van der Waals surface area contributed by atoms with E-state index in [1.54, 1.807) is 0 Å². The zero-order valence-corrected chi connectivity index (χ0v) is 12.8. The summed E-state index contributed by atoms with van der Waals surface area (Å²) in [6.45, 7) is 0.852. The highest BCUT2D eigenvalue weighted by Gasteiger charge is 2.45. The van der Waals surface area contributed by atoms with Gasteiger partial charge >= 0.3 is 0 Å². The van der Waals surface area contributed by atoms with E-state index < -0.39 is 0 Å². The van der Waals surface area contributed by atoms with Crippen LogP contribution < -0.4 is 0 Å². The number of benzene rings is 1. The van der Waals surface area contributed by atoms with Crippen LogP contribution in [0.5, 0.6) is 0 Å². The molecule has 0 radical (unpaired) electrons. The SMILES string of the molecule is OC(C1CCc2ccccc2C1)C1CCOC2(CCC2)C1. The molecule has 1 aliphatic heterocycles. The topological polar surface area (TPSA) is 29.5 Å².